The highest BCUT2D eigenvalue weighted by atomic mass is 79.9. The van der Waals surface area contributed by atoms with Gasteiger partial charge in [-0.3, -0.25) is 0 Å². The van der Waals surface area contributed by atoms with Crippen molar-refractivity contribution in [3.05, 3.63) is 54.1 Å². The molecule has 0 saturated carbocycles. The maximum atomic E-state index is 2.43. The monoisotopic (exact) mass is 350 g/mol. The van der Waals surface area contributed by atoms with Crippen LogP contribution in [0, 0.1) is 0 Å². The first-order valence-electron chi connectivity index (χ1n) is 7.92. The van der Waals surface area contributed by atoms with Gasteiger partial charge in [0.05, 0.1) is 6.54 Å². The molecule has 1 aromatic heterocycles. The Morgan fingerprint density at radius 3 is 2.43 bits per heavy atom. The molecule has 1 heterocycles. The molecule has 116 valence electrons. The van der Waals surface area contributed by atoms with E-state index in [1.807, 2.05) is 0 Å². The molecule has 0 saturated heterocycles. The third-order valence-electron chi connectivity index (χ3n) is 4.05. The molecule has 0 unspecified atom stereocenters. The van der Waals surface area contributed by atoms with Crippen LogP contribution in [0.2, 0.25) is 0 Å². The van der Waals surface area contributed by atoms with E-state index in [1.165, 1.54) is 30.7 Å². The lowest BCUT2D eigenvalue weighted by molar-refractivity contribution is -0.704. The lowest BCUT2D eigenvalue weighted by Crippen LogP contribution is -3.00. The number of imidazole rings is 1. The van der Waals surface area contributed by atoms with Crippen LogP contribution in [0.5, 0.6) is 0 Å². The third-order valence-corrected chi connectivity index (χ3v) is 4.05. The van der Waals surface area contributed by atoms with Gasteiger partial charge in [-0.2, -0.15) is 0 Å². The fourth-order valence-corrected chi connectivity index (χ4v) is 2.84. The van der Waals surface area contributed by atoms with Crippen LogP contribution in [0.25, 0.3) is 0 Å². The molecule has 0 aliphatic rings. The minimum absolute atomic E-state index is 0. The van der Waals surface area contributed by atoms with Crippen LogP contribution in [0.1, 0.15) is 57.5 Å². The van der Waals surface area contributed by atoms with Gasteiger partial charge < -0.3 is 17.0 Å². The summed E-state index contributed by atoms with van der Waals surface area (Å²) in [5.41, 5.74) is 1.37. The quantitative estimate of drug-likeness (QED) is 0.523. The first-order chi connectivity index (χ1) is 9.77. The Kier molecular flexibility index (Phi) is 7.73. The maximum absolute atomic E-state index is 2.43. The van der Waals surface area contributed by atoms with Gasteiger partial charge in [-0.05, 0) is 25.3 Å². The van der Waals surface area contributed by atoms with Crippen molar-refractivity contribution in [2.75, 3.05) is 0 Å². The number of hydrogen-bond donors (Lipinski definition) is 0. The molecular formula is C18H27BrN2. The van der Waals surface area contributed by atoms with Crippen molar-refractivity contribution in [1.82, 2.24) is 4.57 Å². The molecule has 0 amide bonds. The number of unbranched alkanes of at least 4 members (excludes halogenated alkanes) is 2. The summed E-state index contributed by atoms with van der Waals surface area (Å²) < 4.78 is 4.84. The summed E-state index contributed by atoms with van der Waals surface area (Å²) in [6, 6.07) is 11.2. The molecule has 0 fully saturated rings. The van der Waals surface area contributed by atoms with Gasteiger partial charge in [0.15, 0.2) is 0 Å². The number of aryl methyl sites for hydroxylation is 1. The van der Waals surface area contributed by atoms with Gasteiger partial charge >= 0.3 is 0 Å². The lowest BCUT2D eigenvalue weighted by atomic mass is 10.1. The minimum Gasteiger partial charge on any atom is -1.00 e. The van der Waals surface area contributed by atoms with E-state index in [9.17, 15) is 0 Å². The Morgan fingerprint density at radius 2 is 1.81 bits per heavy atom. The Balaban J connectivity index is 0.00000220. The van der Waals surface area contributed by atoms with E-state index >= 15 is 0 Å². The third kappa shape index (κ3) is 4.44. The van der Waals surface area contributed by atoms with Crippen LogP contribution in [-0.2, 0) is 13.0 Å². The summed E-state index contributed by atoms with van der Waals surface area (Å²) in [5, 5.41) is 0. The number of halogens is 1. The average molecular weight is 351 g/mol. The van der Waals surface area contributed by atoms with Crippen LogP contribution in [0.4, 0.5) is 0 Å². The van der Waals surface area contributed by atoms with Crippen LogP contribution < -0.4 is 21.5 Å². The number of rotatable bonds is 7. The van der Waals surface area contributed by atoms with E-state index in [1.54, 1.807) is 0 Å². The van der Waals surface area contributed by atoms with Crippen LogP contribution >= 0.6 is 0 Å². The molecule has 0 radical (unpaired) electrons. The normalized spacial score (nSPS) is 12.0. The van der Waals surface area contributed by atoms with Crippen LogP contribution in [-0.4, -0.2) is 4.57 Å². The molecule has 2 rings (SSSR count). The Hall–Kier alpha value is -1.09. The summed E-state index contributed by atoms with van der Waals surface area (Å²) in [5.74, 6) is 1.43. The van der Waals surface area contributed by atoms with Crippen LogP contribution in [0.15, 0.2) is 42.7 Å². The van der Waals surface area contributed by atoms with Crippen LogP contribution in [0.3, 0.4) is 0 Å². The van der Waals surface area contributed by atoms with Crippen molar-refractivity contribution in [2.24, 2.45) is 0 Å². The maximum Gasteiger partial charge on any atom is 0.256 e. The number of nitrogens with zero attached hydrogens (tertiary/aromatic N) is 2. The van der Waals surface area contributed by atoms with Crippen molar-refractivity contribution in [3.63, 3.8) is 0 Å². The predicted octanol–water partition coefficient (Wildman–Crippen LogP) is 1.14. The molecule has 0 aliphatic carbocycles. The van der Waals surface area contributed by atoms with Crippen molar-refractivity contribution in [1.29, 1.82) is 0 Å². The molecular weight excluding hydrogens is 324 g/mol. The molecule has 2 nitrogen and oxygen atoms in total. The van der Waals surface area contributed by atoms with Gasteiger partial charge in [0, 0.05) is 6.42 Å². The first-order valence-corrected chi connectivity index (χ1v) is 7.92. The van der Waals surface area contributed by atoms with Gasteiger partial charge in [-0.15, -0.1) is 0 Å². The highest BCUT2D eigenvalue weighted by Gasteiger charge is 2.20. The summed E-state index contributed by atoms with van der Waals surface area (Å²) in [6.45, 7) is 7.93. The standard InChI is InChI=1S/C18H27N2.BrH/c1-4-6-10-13-19-14-15-20(18(19)5-2)16(3)17-11-8-7-9-12-17;/h7-9,11-12,14-16H,4-6,10,13H2,1-3H3;1H/q+1;/p-1/t16-;/m1./s1. The molecule has 0 bridgehead atoms. The van der Waals surface area contributed by atoms with Gasteiger partial charge in [0.25, 0.3) is 5.82 Å². The minimum atomic E-state index is 0. The van der Waals surface area contributed by atoms with Gasteiger partial charge in [0.1, 0.15) is 18.4 Å². The highest BCUT2D eigenvalue weighted by molar-refractivity contribution is 5.19. The molecule has 1 atom stereocenters. The van der Waals surface area contributed by atoms with Gasteiger partial charge in [-0.1, -0.05) is 50.6 Å². The van der Waals surface area contributed by atoms with E-state index in [0.29, 0.717) is 6.04 Å². The SMILES string of the molecule is CCCCC[n+]1ccn([C@H](C)c2ccccc2)c1CC.[Br-]. The summed E-state index contributed by atoms with van der Waals surface area (Å²) in [7, 11) is 0. The molecule has 2 aromatic rings. The second-order valence-electron chi connectivity index (χ2n) is 5.46. The summed E-state index contributed by atoms with van der Waals surface area (Å²) in [6.07, 6.45) is 9.43. The number of benzene rings is 1. The smallest absolute Gasteiger partial charge is 0.256 e. The fourth-order valence-electron chi connectivity index (χ4n) is 2.84. The second kappa shape index (κ2) is 9.04. The average Bonchev–Trinajstić information content (AvgIpc) is 2.90. The summed E-state index contributed by atoms with van der Waals surface area (Å²) in [4.78, 5) is 0. The number of hydrogen-bond acceptors (Lipinski definition) is 0. The molecule has 1 aromatic carbocycles. The van der Waals surface area contributed by atoms with E-state index in [2.05, 4.69) is 72.6 Å². The second-order valence-corrected chi connectivity index (χ2v) is 5.46. The van der Waals surface area contributed by atoms with Gasteiger partial charge in [0.2, 0.25) is 0 Å². The van der Waals surface area contributed by atoms with E-state index in [-0.39, 0.29) is 17.0 Å². The topological polar surface area (TPSA) is 8.81 Å². The van der Waals surface area contributed by atoms with Crippen molar-refractivity contribution in [2.45, 2.75) is 59.0 Å². The molecule has 21 heavy (non-hydrogen) atoms. The first kappa shape index (κ1) is 18.0. The Bertz CT molecular complexity index is 519. The molecule has 3 heteroatoms. The lowest BCUT2D eigenvalue weighted by Gasteiger charge is -2.11. The fraction of sp³-hybridized carbons (Fsp3) is 0.500. The van der Waals surface area contributed by atoms with Crippen molar-refractivity contribution >= 4 is 0 Å². The van der Waals surface area contributed by atoms with Gasteiger partial charge in [-0.25, -0.2) is 9.13 Å². The summed E-state index contributed by atoms with van der Waals surface area (Å²) >= 11 is 0. The highest BCUT2D eigenvalue weighted by Crippen LogP contribution is 2.18. The Labute approximate surface area is 139 Å². The molecule has 0 N–H and O–H groups in total. The molecule has 0 aliphatic heterocycles. The van der Waals surface area contributed by atoms with E-state index in [0.717, 1.165) is 13.0 Å². The molecule has 0 spiro atoms. The van der Waals surface area contributed by atoms with Crippen molar-refractivity contribution in [3.8, 4) is 0 Å². The van der Waals surface area contributed by atoms with E-state index < -0.39 is 0 Å². The zero-order valence-electron chi connectivity index (χ0n) is 13.4. The predicted molar refractivity (Wildman–Crippen MR) is 83.8 cm³/mol. The van der Waals surface area contributed by atoms with E-state index in [4.69, 9.17) is 0 Å². The van der Waals surface area contributed by atoms with Crippen molar-refractivity contribution < 1.29 is 21.5 Å². The zero-order chi connectivity index (χ0) is 14.4. The Morgan fingerprint density at radius 1 is 1.10 bits per heavy atom. The zero-order valence-corrected chi connectivity index (χ0v) is 15.0. The largest absolute Gasteiger partial charge is 1.00 e. The number of aromatic nitrogens is 2.